The van der Waals surface area contributed by atoms with Crippen molar-refractivity contribution < 1.29 is 0 Å². The van der Waals surface area contributed by atoms with E-state index in [2.05, 4.69) is 122 Å². The number of hydrogen-bond donors (Lipinski definition) is 0. The van der Waals surface area contributed by atoms with Crippen molar-refractivity contribution in [1.82, 2.24) is 0 Å². The maximum atomic E-state index is 2.65. The Morgan fingerprint density at radius 3 is 0.929 bits per heavy atom. The second-order valence-corrected chi connectivity index (χ2v) is 47.9. The van der Waals surface area contributed by atoms with Gasteiger partial charge in [-0.05, 0) is 0 Å². The summed E-state index contributed by atoms with van der Waals surface area (Å²) in [5, 5.41) is 4.63. The third-order valence-corrected chi connectivity index (χ3v) is 60.6. The van der Waals surface area contributed by atoms with Gasteiger partial charge in [0.25, 0.3) is 0 Å². The van der Waals surface area contributed by atoms with Crippen LogP contribution >= 0.6 is 6.89 Å². The first kappa shape index (κ1) is 22.2. The Hall–Kier alpha value is -0.443. The molecular formula is C25H33PSn2. The Labute approximate surface area is 180 Å². The van der Waals surface area contributed by atoms with Crippen LogP contribution in [0, 0.1) is 0 Å². The van der Waals surface area contributed by atoms with Gasteiger partial charge in [0, 0.05) is 0 Å². The van der Waals surface area contributed by atoms with Crippen LogP contribution in [0.2, 0.25) is 29.6 Å². The first-order valence-electron chi connectivity index (χ1n) is 10.1. The molecule has 146 valence electrons. The van der Waals surface area contributed by atoms with Crippen LogP contribution < -0.4 is 15.9 Å². The molecule has 0 aliphatic carbocycles. The molecule has 3 aromatic carbocycles. The van der Waals surface area contributed by atoms with Crippen molar-refractivity contribution in [3.05, 3.63) is 91.0 Å². The molecule has 0 amide bonds. The summed E-state index contributed by atoms with van der Waals surface area (Å²) in [5.41, 5.74) is 0. The van der Waals surface area contributed by atoms with E-state index < -0.39 is 43.6 Å². The average molecular weight is 602 g/mol. The summed E-state index contributed by atoms with van der Waals surface area (Å²) in [7, 11) is 0. The molecular weight excluding hydrogens is 569 g/mol. The van der Waals surface area contributed by atoms with Crippen LogP contribution in [0.4, 0.5) is 0 Å². The fourth-order valence-electron chi connectivity index (χ4n) is 4.92. The van der Waals surface area contributed by atoms with Gasteiger partial charge in [0.15, 0.2) is 0 Å². The number of hydrogen-bond acceptors (Lipinski definition) is 0. The molecule has 0 fully saturated rings. The molecule has 0 saturated heterocycles. The van der Waals surface area contributed by atoms with E-state index in [1.165, 1.54) is 0 Å². The van der Waals surface area contributed by atoms with Gasteiger partial charge in [-0.3, -0.25) is 0 Å². The van der Waals surface area contributed by atoms with E-state index in [0.717, 1.165) is 0 Å². The SMILES string of the molecule is [CH3][Sn]([CH3])([CH3])[C](=P(c1ccccc1)(c1ccccc1)c1ccccc1)[Sn]([CH3])([CH3])[CH3]. The number of benzene rings is 3. The molecule has 0 N–H and O–H groups in total. The minimum atomic E-state index is -2.42. The molecule has 0 bridgehead atoms. The predicted molar refractivity (Wildman–Crippen MR) is 137 cm³/mol. The van der Waals surface area contributed by atoms with Crippen LogP contribution in [0.3, 0.4) is 0 Å². The van der Waals surface area contributed by atoms with Crippen LogP contribution in [0.5, 0.6) is 0 Å². The molecule has 3 heteroatoms. The zero-order valence-corrected chi connectivity index (χ0v) is 24.7. The third-order valence-electron chi connectivity index (χ3n) is 5.19. The molecule has 0 nitrogen and oxygen atoms in total. The molecule has 3 aromatic rings. The van der Waals surface area contributed by atoms with Gasteiger partial charge in [-0.25, -0.2) is 0 Å². The normalized spacial score (nSPS) is 12.6. The van der Waals surface area contributed by atoms with Crippen molar-refractivity contribution in [1.29, 1.82) is 0 Å². The summed E-state index contributed by atoms with van der Waals surface area (Å²) in [6, 6.07) is 34.4. The van der Waals surface area contributed by atoms with Crippen molar-refractivity contribution in [2.45, 2.75) is 29.6 Å². The van der Waals surface area contributed by atoms with Crippen molar-refractivity contribution in [2.24, 2.45) is 0 Å². The average Bonchev–Trinajstić information content (AvgIpc) is 2.66. The summed E-state index contributed by atoms with van der Waals surface area (Å²) in [6.45, 7) is -1.80. The molecule has 0 unspecified atom stereocenters. The van der Waals surface area contributed by atoms with Crippen molar-refractivity contribution >= 4 is 60.9 Å². The van der Waals surface area contributed by atoms with E-state index in [4.69, 9.17) is 0 Å². The Morgan fingerprint density at radius 2 is 0.714 bits per heavy atom. The molecule has 0 aliphatic rings. The molecule has 0 heterocycles. The van der Waals surface area contributed by atoms with Gasteiger partial charge in [0.05, 0.1) is 0 Å². The van der Waals surface area contributed by atoms with E-state index in [-0.39, 0.29) is 0 Å². The van der Waals surface area contributed by atoms with Gasteiger partial charge in [-0.15, -0.1) is 0 Å². The first-order valence-corrected chi connectivity index (χ1v) is 31.9. The van der Waals surface area contributed by atoms with E-state index in [0.29, 0.717) is 0 Å². The van der Waals surface area contributed by atoms with Crippen LogP contribution in [0.25, 0.3) is 0 Å². The zero-order chi connectivity index (χ0) is 20.4. The second kappa shape index (κ2) is 8.74. The fourth-order valence-corrected chi connectivity index (χ4v) is 83.8. The van der Waals surface area contributed by atoms with Crippen LogP contribution in [0.15, 0.2) is 91.0 Å². The Bertz CT molecular complexity index is 844. The van der Waals surface area contributed by atoms with Gasteiger partial charge < -0.3 is 0 Å². The van der Waals surface area contributed by atoms with Crippen molar-refractivity contribution in [3.8, 4) is 0 Å². The molecule has 3 rings (SSSR count). The summed E-state index contributed by atoms with van der Waals surface area (Å²) in [5.74, 6) is 0. The molecule has 0 spiro atoms. The molecule has 0 radical (unpaired) electrons. The Balaban J connectivity index is 2.69. The molecule has 0 aliphatic heterocycles. The van der Waals surface area contributed by atoms with E-state index >= 15 is 0 Å². The predicted octanol–water partition coefficient (Wildman–Crippen LogP) is 5.91. The van der Waals surface area contributed by atoms with Crippen molar-refractivity contribution in [2.75, 3.05) is 0 Å². The molecule has 0 aromatic heterocycles. The zero-order valence-electron chi connectivity index (χ0n) is 18.1. The van der Waals surface area contributed by atoms with E-state index in [1.54, 1.807) is 15.9 Å². The quantitative estimate of drug-likeness (QED) is 0.252. The monoisotopic (exact) mass is 604 g/mol. The summed E-state index contributed by atoms with van der Waals surface area (Å²) < 4.78 is 2.06. The van der Waals surface area contributed by atoms with Crippen molar-refractivity contribution in [3.63, 3.8) is 0 Å². The van der Waals surface area contributed by atoms with Gasteiger partial charge in [-0.1, -0.05) is 0 Å². The van der Waals surface area contributed by atoms with Crippen LogP contribution in [0.1, 0.15) is 0 Å². The summed E-state index contributed by atoms with van der Waals surface area (Å²) in [6.07, 6.45) is 0. The van der Waals surface area contributed by atoms with Gasteiger partial charge in [0.1, 0.15) is 0 Å². The third kappa shape index (κ3) is 4.35. The molecule has 28 heavy (non-hydrogen) atoms. The fraction of sp³-hybridized carbons (Fsp3) is 0.240. The summed E-state index contributed by atoms with van der Waals surface area (Å²) >= 11 is -4.84. The maximum absolute atomic E-state index is 2.65. The molecule has 0 saturated carbocycles. The van der Waals surface area contributed by atoms with E-state index in [9.17, 15) is 0 Å². The van der Waals surface area contributed by atoms with Gasteiger partial charge in [0.2, 0.25) is 0 Å². The number of rotatable bonds is 5. The standard InChI is InChI=1S/C19H15P.6CH3.2Sn/c1-20(17-11-5-2-6-12-17,18-13-7-3-8-14-18)19-15-9-4-10-16-19;;;;;;;;/h2-16H;6*1H3;;. The second-order valence-electron chi connectivity index (χ2n) is 9.53. The summed E-state index contributed by atoms with van der Waals surface area (Å²) in [4.78, 5) is 15.9. The molecule has 0 atom stereocenters. The van der Waals surface area contributed by atoms with Crippen LogP contribution in [-0.2, 0) is 0 Å². The Morgan fingerprint density at radius 1 is 0.464 bits per heavy atom. The van der Waals surface area contributed by atoms with Gasteiger partial charge >= 0.3 is 182 Å². The van der Waals surface area contributed by atoms with Crippen LogP contribution in [-0.4, -0.2) is 38.1 Å². The first-order chi connectivity index (χ1) is 13.2. The van der Waals surface area contributed by atoms with Gasteiger partial charge in [-0.2, -0.15) is 0 Å². The Kier molecular flexibility index (Phi) is 6.94. The minimum absolute atomic E-state index is 1.54. The van der Waals surface area contributed by atoms with E-state index in [1.807, 2.05) is 0 Å². The topological polar surface area (TPSA) is 0 Å².